The van der Waals surface area contributed by atoms with Gasteiger partial charge < -0.3 is 35.4 Å². The van der Waals surface area contributed by atoms with Gasteiger partial charge in [-0.2, -0.15) is 0 Å². The molecule has 0 aromatic rings. The van der Waals surface area contributed by atoms with Crippen molar-refractivity contribution < 1.29 is 40.2 Å². The Morgan fingerprint density at radius 3 is 1.71 bits per heavy atom. The van der Waals surface area contributed by atoms with Gasteiger partial charge in [0.15, 0.2) is 0 Å². The summed E-state index contributed by atoms with van der Waals surface area (Å²) < 4.78 is 5.52. The van der Waals surface area contributed by atoms with Gasteiger partial charge in [-0.3, -0.25) is 4.79 Å². The molecule has 0 aromatic heterocycles. The standard InChI is InChI=1S/C30H48O8/c1-21-13-10-8-6-4-5-7-9-11-14-24(31)17-27(34)19-28(35)18-25(32)15-12-16-26(33)20-29(36)22(2)30(37)38-23(21)3/h4-11,13-14,21-29,31-36H,12,15-20H2,1-3H3/b5-4-,8-6-,9-7-,13-10-,14-11-. The van der Waals surface area contributed by atoms with Crippen molar-refractivity contribution >= 4 is 5.97 Å². The van der Waals surface area contributed by atoms with Crippen molar-refractivity contribution in [2.45, 2.75) is 108 Å². The Hall–Kier alpha value is -2.07. The van der Waals surface area contributed by atoms with Crippen LogP contribution < -0.4 is 0 Å². The molecular weight excluding hydrogens is 488 g/mol. The third-order valence-electron chi connectivity index (χ3n) is 6.71. The molecule has 8 nitrogen and oxygen atoms in total. The number of carbonyl (C=O) groups excluding carboxylic acids is 1. The Morgan fingerprint density at radius 2 is 1.11 bits per heavy atom. The fraction of sp³-hybridized carbons (Fsp3) is 0.633. The molecule has 0 fully saturated rings. The summed E-state index contributed by atoms with van der Waals surface area (Å²) in [5.41, 5.74) is 0. The summed E-state index contributed by atoms with van der Waals surface area (Å²) in [5, 5.41) is 61.3. The Bertz CT molecular complexity index is 802. The zero-order valence-corrected chi connectivity index (χ0v) is 22.9. The van der Waals surface area contributed by atoms with Crippen LogP contribution in [0.15, 0.2) is 60.8 Å². The molecule has 9 unspecified atom stereocenters. The molecule has 0 radical (unpaired) electrons. The molecular formula is C30H48O8. The first-order valence-corrected chi connectivity index (χ1v) is 13.6. The lowest BCUT2D eigenvalue weighted by Gasteiger charge is -2.24. The van der Waals surface area contributed by atoms with Crippen LogP contribution in [-0.2, 0) is 9.53 Å². The van der Waals surface area contributed by atoms with E-state index in [0.29, 0.717) is 19.3 Å². The molecule has 0 saturated heterocycles. The maximum absolute atomic E-state index is 12.5. The van der Waals surface area contributed by atoms with E-state index in [1.54, 1.807) is 38.2 Å². The summed E-state index contributed by atoms with van der Waals surface area (Å²) >= 11 is 0. The summed E-state index contributed by atoms with van der Waals surface area (Å²) in [7, 11) is 0. The molecule has 6 N–H and O–H groups in total. The van der Waals surface area contributed by atoms with Gasteiger partial charge in [0.1, 0.15) is 6.10 Å². The van der Waals surface area contributed by atoms with Crippen LogP contribution in [-0.4, -0.2) is 79.3 Å². The fourth-order valence-electron chi connectivity index (χ4n) is 4.01. The van der Waals surface area contributed by atoms with Crippen LogP contribution in [0.2, 0.25) is 0 Å². The molecule has 0 aliphatic carbocycles. The zero-order valence-electron chi connectivity index (χ0n) is 22.9. The van der Waals surface area contributed by atoms with E-state index < -0.39 is 54.6 Å². The van der Waals surface area contributed by atoms with Crippen LogP contribution in [0.5, 0.6) is 0 Å². The Morgan fingerprint density at radius 1 is 0.632 bits per heavy atom. The third-order valence-corrected chi connectivity index (χ3v) is 6.71. The highest BCUT2D eigenvalue weighted by Crippen LogP contribution is 2.19. The maximum atomic E-state index is 12.5. The number of esters is 1. The van der Waals surface area contributed by atoms with Crippen molar-refractivity contribution in [3.8, 4) is 0 Å². The molecule has 0 spiro atoms. The van der Waals surface area contributed by atoms with E-state index in [9.17, 15) is 35.4 Å². The zero-order chi connectivity index (χ0) is 28.5. The van der Waals surface area contributed by atoms with Gasteiger partial charge in [0.25, 0.3) is 0 Å². The van der Waals surface area contributed by atoms with Gasteiger partial charge in [0, 0.05) is 18.8 Å². The third kappa shape index (κ3) is 15.4. The molecule has 0 amide bonds. The summed E-state index contributed by atoms with van der Waals surface area (Å²) in [6.07, 6.45) is 13.4. The molecule has 38 heavy (non-hydrogen) atoms. The minimum Gasteiger partial charge on any atom is -0.462 e. The van der Waals surface area contributed by atoms with Gasteiger partial charge >= 0.3 is 5.97 Å². The van der Waals surface area contributed by atoms with Crippen molar-refractivity contribution in [2.24, 2.45) is 11.8 Å². The average Bonchev–Trinajstić information content (AvgIpc) is 2.83. The molecule has 0 bridgehead atoms. The predicted octanol–water partition coefficient (Wildman–Crippen LogP) is 2.88. The lowest BCUT2D eigenvalue weighted by atomic mass is 9.95. The van der Waals surface area contributed by atoms with Crippen LogP contribution >= 0.6 is 0 Å². The number of ether oxygens (including phenoxy) is 1. The van der Waals surface area contributed by atoms with Crippen molar-refractivity contribution in [3.63, 3.8) is 0 Å². The quantitative estimate of drug-likeness (QED) is 0.259. The van der Waals surface area contributed by atoms with Crippen LogP contribution in [0.25, 0.3) is 0 Å². The molecule has 0 aromatic carbocycles. The van der Waals surface area contributed by atoms with E-state index in [0.717, 1.165) is 0 Å². The minimum absolute atomic E-state index is 0.00922. The highest BCUT2D eigenvalue weighted by Gasteiger charge is 2.28. The molecule has 8 heteroatoms. The Balaban J connectivity index is 2.83. The summed E-state index contributed by atoms with van der Waals surface area (Å²) in [6, 6.07) is 0. The smallest absolute Gasteiger partial charge is 0.311 e. The van der Waals surface area contributed by atoms with Gasteiger partial charge in [0.05, 0.1) is 42.5 Å². The van der Waals surface area contributed by atoms with Gasteiger partial charge in [0.2, 0.25) is 0 Å². The first-order chi connectivity index (χ1) is 18.0. The predicted molar refractivity (Wildman–Crippen MR) is 148 cm³/mol. The SMILES string of the molecule is CC1\C=C/C=C\C=C/C=C\C=C/C(O)CC(O)CC(O)CC(O)CCCC(O)CC(O)C(C)C(=O)OC1C. The largest absolute Gasteiger partial charge is 0.462 e. The topological polar surface area (TPSA) is 148 Å². The van der Waals surface area contributed by atoms with Crippen molar-refractivity contribution in [3.05, 3.63) is 60.8 Å². The highest BCUT2D eigenvalue weighted by molar-refractivity contribution is 5.72. The van der Waals surface area contributed by atoms with Crippen molar-refractivity contribution in [1.82, 2.24) is 0 Å². The second kappa shape index (κ2) is 19.1. The number of cyclic esters (lactones) is 1. The van der Waals surface area contributed by atoms with Crippen LogP contribution in [0.1, 0.15) is 65.7 Å². The first-order valence-electron chi connectivity index (χ1n) is 13.6. The number of aliphatic hydroxyl groups excluding tert-OH is 6. The van der Waals surface area contributed by atoms with Crippen molar-refractivity contribution in [2.75, 3.05) is 0 Å². The molecule has 1 heterocycles. The molecule has 1 aliphatic rings. The van der Waals surface area contributed by atoms with Gasteiger partial charge in [-0.15, -0.1) is 0 Å². The highest BCUT2D eigenvalue weighted by atomic mass is 16.5. The van der Waals surface area contributed by atoms with E-state index in [1.807, 2.05) is 43.4 Å². The van der Waals surface area contributed by atoms with E-state index >= 15 is 0 Å². The summed E-state index contributed by atoms with van der Waals surface area (Å²) in [4.78, 5) is 12.5. The number of hydrogen-bond acceptors (Lipinski definition) is 8. The Labute approximate surface area is 227 Å². The molecule has 1 aliphatic heterocycles. The monoisotopic (exact) mass is 536 g/mol. The number of carbonyl (C=O) groups is 1. The van der Waals surface area contributed by atoms with Gasteiger partial charge in [-0.25, -0.2) is 0 Å². The molecule has 9 atom stereocenters. The fourth-order valence-corrected chi connectivity index (χ4v) is 4.01. The maximum Gasteiger partial charge on any atom is 0.311 e. The molecule has 1 rings (SSSR count). The Kier molecular flexibility index (Phi) is 17.0. The molecule has 216 valence electrons. The number of allylic oxidation sites excluding steroid dienone is 8. The average molecular weight is 537 g/mol. The van der Waals surface area contributed by atoms with Gasteiger partial charge in [-0.05, 0) is 46.0 Å². The number of hydrogen-bond donors (Lipinski definition) is 6. The number of rotatable bonds is 0. The van der Waals surface area contributed by atoms with Crippen LogP contribution in [0, 0.1) is 11.8 Å². The number of aliphatic hydroxyl groups is 6. The normalized spacial score (nSPS) is 40.6. The first kappa shape index (κ1) is 34.0. The lowest BCUT2D eigenvalue weighted by Crippen LogP contribution is -2.33. The second-order valence-corrected chi connectivity index (χ2v) is 10.3. The van der Waals surface area contributed by atoms with Crippen LogP contribution in [0.4, 0.5) is 0 Å². The van der Waals surface area contributed by atoms with Crippen LogP contribution in [0.3, 0.4) is 0 Å². The van der Waals surface area contributed by atoms with E-state index in [4.69, 9.17) is 4.74 Å². The summed E-state index contributed by atoms with van der Waals surface area (Å²) in [6.45, 7) is 5.30. The summed E-state index contributed by atoms with van der Waals surface area (Å²) in [5.74, 6) is -1.37. The minimum atomic E-state index is -1.07. The second-order valence-electron chi connectivity index (χ2n) is 10.3. The van der Waals surface area contributed by atoms with Crippen molar-refractivity contribution in [1.29, 1.82) is 0 Å². The van der Waals surface area contributed by atoms with E-state index in [1.165, 1.54) is 0 Å². The van der Waals surface area contributed by atoms with E-state index in [2.05, 4.69) is 0 Å². The van der Waals surface area contributed by atoms with Gasteiger partial charge in [-0.1, -0.05) is 67.7 Å². The lowest BCUT2D eigenvalue weighted by molar-refractivity contribution is -0.158. The molecule has 0 saturated carbocycles. The van der Waals surface area contributed by atoms with E-state index in [-0.39, 0.29) is 31.6 Å².